The molecule has 1 unspecified atom stereocenters. The van der Waals surface area contributed by atoms with Crippen molar-refractivity contribution in [2.24, 2.45) is 0 Å². The molecule has 0 aromatic carbocycles. The van der Waals surface area contributed by atoms with Gasteiger partial charge in [-0.05, 0) is 19.8 Å². The van der Waals surface area contributed by atoms with E-state index < -0.39 is 5.54 Å². The Labute approximate surface area is 139 Å². The molecule has 24 heavy (non-hydrogen) atoms. The Kier molecular flexibility index (Phi) is 4.28. The predicted octanol–water partition coefficient (Wildman–Crippen LogP) is 0.570. The Hall–Kier alpha value is -2.77. The number of hydrogen-bond acceptors (Lipinski definition) is 5. The third-order valence-corrected chi connectivity index (χ3v) is 4.42. The molecule has 1 fully saturated rings. The first kappa shape index (κ1) is 16.1. The second kappa shape index (κ2) is 6.38. The van der Waals surface area contributed by atoms with E-state index in [9.17, 15) is 9.59 Å². The van der Waals surface area contributed by atoms with Crippen molar-refractivity contribution in [2.75, 3.05) is 13.6 Å². The zero-order valence-corrected chi connectivity index (χ0v) is 13.8. The summed E-state index contributed by atoms with van der Waals surface area (Å²) in [4.78, 5) is 35.8. The minimum Gasteiger partial charge on any atom is -0.357 e. The SMILES string of the molecule is CCn1cc(C(=O)N2CCCC2(C(=O)NC)c2cnccn2)cn1. The van der Waals surface area contributed by atoms with Crippen molar-refractivity contribution in [1.82, 2.24) is 30.0 Å². The Morgan fingerprint density at radius 2 is 2.17 bits per heavy atom. The number of likely N-dealkylation sites (N-methyl/N-ethyl adjacent to an activating group) is 1. The summed E-state index contributed by atoms with van der Waals surface area (Å²) in [5.41, 5.74) is -0.178. The van der Waals surface area contributed by atoms with Crippen LogP contribution < -0.4 is 5.32 Å². The minimum absolute atomic E-state index is 0.221. The highest BCUT2D eigenvalue weighted by molar-refractivity contribution is 5.99. The van der Waals surface area contributed by atoms with E-state index in [0.29, 0.717) is 30.8 Å². The average molecular weight is 328 g/mol. The van der Waals surface area contributed by atoms with E-state index in [2.05, 4.69) is 20.4 Å². The van der Waals surface area contributed by atoms with Crippen molar-refractivity contribution in [1.29, 1.82) is 0 Å². The largest absolute Gasteiger partial charge is 0.357 e. The first-order chi connectivity index (χ1) is 11.6. The van der Waals surface area contributed by atoms with Gasteiger partial charge in [0.2, 0.25) is 0 Å². The summed E-state index contributed by atoms with van der Waals surface area (Å²) in [6, 6.07) is 0. The van der Waals surface area contributed by atoms with Crippen LogP contribution in [0, 0.1) is 0 Å². The van der Waals surface area contributed by atoms with Crippen molar-refractivity contribution >= 4 is 11.8 Å². The molecule has 2 amide bonds. The number of aryl methyl sites for hydroxylation is 1. The third-order valence-electron chi connectivity index (χ3n) is 4.42. The van der Waals surface area contributed by atoms with Gasteiger partial charge in [0.25, 0.3) is 11.8 Å². The van der Waals surface area contributed by atoms with Crippen LogP contribution in [0.2, 0.25) is 0 Å². The van der Waals surface area contributed by atoms with Crippen LogP contribution in [-0.4, -0.2) is 50.1 Å². The molecule has 0 bridgehead atoms. The van der Waals surface area contributed by atoms with Gasteiger partial charge in [-0.15, -0.1) is 0 Å². The van der Waals surface area contributed by atoms with Crippen molar-refractivity contribution < 1.29 is 9.59 Å². The molecule has 3 heterocycles. The number of likely N-dealkylation sites (tertiary alicyclic amines) is 1. The van der Waals surface area contributed by atoms with E-state index in [0.717, 1.165) is 6.42 Å². The lowest BCUT2D eigenvalue weighted by Crippen LogP contribution is -2.54. The molecule has 0 saturated carbocycles. The van der Waals surface area contributed by atoms with Crippen molar-refractivity contribution in [3.05, 3.63) is 42.2 Å². The molecule has 0 radical (unpaired) electrons. The van der Waals surface area contributed by atoms with Gasteiger partial charge in [-0.25, -0.2) is 0 Å². The number of carbonyl (C=O) groups excluding carboxylic acids is 2. The van der Waals surface area contributed by atoms with Gasteiger partial charge >= 0.3 is 0 Å². The fraction of sp³-hybridized carbons (Fsp3) is 0.438. The van der Waals surface area contributed by atoms with Crippen LogP contribution in [0.3, 0.4) is 0 Å². The number of carbonyl (C=O) groups is 2. The second-order valence-corrected chi connectivity index (χ2v) is 5.68. The van der Waals surface area contributed by atoms with Crippen LogP contribution in [0.5, 0.6) is 0 Å². The number of nitrogens with zero attached hydrogens (tertiary/aromatic N) is 5. The lowest BCUT2D eigenvalue weighted by Gasteiger charge is -2.35. The first-order valence-electron chi connectivity index (χ1n) is 7.96. The monoisotopic (exact) mass is 328 g/mol. The van der Waals surface area contributed by atoms with Gasteiger partial charge in [-0.3, -0.25) is 24.2 Å². The third kappa shape index (κ3) is 2.44. The molecule has 1 aliphatic rings. The van der Waals surface area contributed by atoms with E-state index >= 15 is 0 Å². The first-order valence-corrected chi connectivity index (χ1v) is 7.96. The Morgan fingerprint density at radius 1 is 1.33 bits per heavy atom. The van der Waals surface area contributed by atoms with Crippen LogP contribution >= 0.6 is 0 Å². The summed E-state index contributed by atoms with van der Waals surface area (Å²) in [5, 5.41) is 6.83. The topological polar surface area (TPSA) is 93.0 Å². The van der Waals surface area contributed by atoms with Crippen molar-refractivity contribution in [2.45, 2.75) is 31.8 Å². The lowest BCUT2D eigenvalue weighted by molar-refractivity contribution is -0.131. The van der Waals surface area contributed by atoms with Crippen LogP contribution in [0.15, 0.2) is 31.0 Å². The molecule has 126 valence electrons. The fourth-order valence-corrected chi connectivity index (χ4v) is 3.23. The fourth-order valence-electron chi connectivity index (χ4n) is 3.23. The number of amides is 2. The van der Waals surface area contributed by atoms with E-state index in [-0.39, 0.29) is 11.8 Å². The lowest BCUT2D eigenvalue weighted by atomic mass is 9.90. The minimum atomic E-state index is -1.13. The molecule has 1 saturated heterocycles. The summed E-state index contributed by atoms with van der Waals surface area (Å²) < 4.78 is 1.69. The van der Waals surface area contributed by atoms with Gasteiger partial charge in [-0.2, -0.15) is 5.10 Å². The summed E-state index contributed by atoms with van der Waals surface area (Å²) in [6.07, 6.45) is 9.11. The molecule has 1 aliphatic heterocycles. The Balaban J connectivity index is 2.04. The molecule has 0 spiro atoms. The van der Waals surface area contributed by atoms with E-state index in [1.807, 2.05) is 6.92 Å². The van der Waals surface area contributed by atoms with Crippen LogP contribution in [0.25, 0.3) is 0 Å². The summed E-state index contributed by atoms with van der Waals surface area (Å²) >= 11 is 0. The molecule has 3 rings (SSSR count). The van der Waals surface area contributed by atoms with Gasteiger partial charge in [0.1, 0.15) is 0 Å². The zero-order valence-electron chi connectivity index (χ0n) is 13.8. The Bertz CT molecular complexity index is 744. The van der Waals surface area contributed by atoms with Gasteiger partial charge in [-0.1, -0.05) is 0 Å². The van der Waals surface area contributed by atoms with Crippen LogP contribution in [0.4, 0.5) is 0 Å². The van der Waals surface area contributed by atoms with Gasteiger partial charge in [0, 0.05) is 38.7 Å². The molecule has 1 atom stereocenters. The maximum atomic E-state index is 13.0. The van der Waals surface area contributed by atoms with Crippen molar-refractivity contribution in [3.8, 4) is 0 Å². The molecular formula is C16H20N6O2. The van der Waals surface area contributed by atoms with Crippen molar-refractivity contribution in [3.63, 3.8) is 0 Å². The standard InChI is InChI=1S/C16H20N6O2/c1-3-21-11-12(9-20-21)14(23)22-8-4-5-16(22,15(24)17-2)13-10-18-6-7-19-13/h6-7,9-11H,3-5,8H2,1-2H3,(H,17,24). The quantitative estimate of drug-likeness (QED) is 0.886. The summed E-state index contributed by atoms with van der Waals surface area (Å²) in [5.74, 6) is -0.474. The van der Waals surface area contributed by atoms with E-state index in [1.165, 1.54) is 12.4 Å². The highest BCUT2D eigenvalue weighted by Crippen LogP contribution is 2.39. The highest BCUT2D eigenvalue weighted by atomic mass is 16.2. The van der Waals surface area contributed by atoms with Gasteiger partial charge in [0.05, 0.1) is 23.7 Å². The molecule has 8 nitrogen and oxygen atoms in total. The zero-order chi connectivity index (χ0) is 17.2. The molecule has 2 aromatic rings. The average Bonchev–Trinajstić information content (AvgIpc) is 3.28. The summed E-state index contributed by atoms with van der Waals surface area (Å²) in [7, 11) is 1.57. The molecular weight excluding hydrogens is 308 g/mol. The van der Waals surface area contributed by atoms with Crippen LogP contribution in [-0.2, 0) is 16.9 Å². The maximum Gasteiger partial charge on any atom is 0.258 e. The van der Waals surface area contributed by atoms with E-state index in [4.69, 9.17) is 0 Å². The van der Waals surface area contributed by atoms with Crippen LogP contribution in [0.1, 0.15) is 35.8 Å². The molecule has 1 N–H and O–H groups in total. The number of hydrogen-bond donors (Lipinski definition) is 1. The highest BCUT2D eigenvalue weighted by Gasteiger charge is 2.52. The predicted molar refractivity (Wildman–Crippen MR) is 85.9 cm³/mol. The second-order valence-electron chi connectivity index (χ2n) is 5.68. The molecule has 8 heteroatoms. The summed E-state index contributed by atoms with van der Waals surface area (Å²) in [6.45, 7) is 3.11. The number of nitrogens with one attached hydrogen (secondary N) is 1. The Morgan fingerprint density at radius 3 is 2.79 bits per heavy atom. The van der Waals surface area contributed by atoms with Gasteiger partial charge in [0.15, 0.2) is 5.54 Å². The number of rotatable bonds is 4. The van der Waals surface area contributed by atoms with E-state index in [1.54, 1.807) is 35.2 Å². The van der Waals surface area contributed by atoms with Gasteiger partial charge < -0.3 is 10.2 Å². The maximum absolute atomic E-state index is 13.0. The number of aromatic nitrogens is 4. The molecule has 2 aromatic heterocycles. The molecule has 0 aliphatic carbocycles. The smallest absolute Gasteiger partial charge is 0.258 e. The normalized spacial score (nSPS) is 20.2.